The Kier molecular flexibility index (Phi) is 1.39. The molecule has 1 unspecified atom stereocenters. The van der Waals surface area contributed by atoms with Gasteiger partial charge in [0.25, 0.3) is 0 Å². The van der Waals surface area contributed by atoms with Gasteiger partial charge in [0.1, 0.15) is 11.4 Å². The molecule has 4 nitrogen and oxygen atoms in total. The number of aliphatic hydroxyl groups is 1. The van der Waals surface area contributed by atoms with Crippen LogP contribution in [0.2, 0.25) is 0 Å². The Morgan fingerprint density at radius 2 is 2.21 bits per heavy atom. The standard InChI is InChI=1S/C10H14O4/c1-5-6-3-10(12)9(2,4-7(6)11)13-8(5)14-10/h5-6,8,12H,3-4H2,1-2H3/t5?,6-,8+,9+,10+/m1/s1. The van der Waals surface area contributed by atoms with Gasteiger partial charge < -0.3 is 14.6 Å². The Labute approximate surface area is 82.2 Å². The summed E-state index contributed by atoms with van der Waals surface area (Å²) in [7, 11) is 0. The molecule has 3 fully saturated rings. The molecule has 2 aliphatic heterocycles. The SMILES string of the molecule is CC1[C@H]2O[C@@]3(C)CC(=O)[C@@H]1C[C@]3(O)O2. The molecular formula is C10H14O4. The van der Waals surface area contributed by atoms with Gasteiger partial charge >= 0.3 is 0 Å². The third-order valence-corrected chi connectivity index (χ3v) is 4.00. The van der Waals surface area contributed by atoms with E-state index in [1.165, 1.54) is 0 Å². The van der Waals surface area contributed by atoms with Crippen LogP contribution in [0.1, 0.15) is 26.7 Å². The number of carbonyl (C=O) groups is 1. The van der Waals surface area contributed by atoms with E-state index in [-0.39, 0.29) is 24.0 Å². The van der Waals surface area contributed by atoms with E-state index in [4.69, 9.17) is 9.47 Å². The lowest BCUT2D eigenvalue weighted by Crippen LogP contribution is -2.58. The lowest BCUT2D eigenvalue weighted by atomic mass is 9.70. The van der Waals surface area contributed by atoms with E-state index in [1.807, 2.05) is 6.92 Å². The van der Waals surface area contributed by atoms with Crippen molar-refractivity contribution >= 4 is 5.78 Å². The quantitative estimate of drug-likeness (QED) is 0.613. The van der Waals surface area contributed by atoms with Crippen LogP contribution in [-0.2, 0) is 14.3 Å². The highest BCUT2D eigenvalue weighted by molar-refractivity contribution is 5.84. The van der Waals surface area contributed by atoms with Crippen LogP contribution in [0.4, 0.5) is 0 Å². The summed E-state index contributed by atoms with van der Waals surface area (Å²) >= 11 is 0. The van der Waals surface area contributed by atoms with Gasteiger partial charge in [-0.25, -0.2) is 0 Å². The van der Waals surface area contributed by atoms with Gasteiger partial charge in [-0.15, -0.1) is 0 Å². The second-order valence-corrected chi connectivity index (χ2v) is 4.93. The Balaban J connectivity index is 2.11. The van der Waals surface area contributed by atoms with Crippen LogP contribution in [0.25, 0.3) is 0 Å². The largest absolute Gasteiger partial charge is 0.363 e. The molecule has 3 rings (SSSR count). The van der Waals surface area contributed by atoms with Gasteiger partial charge in [-0.2, -0.15) is 0 Å². The Hall–Kier alpha value is -0.450. The van der Waals surface area contributed by atoms with Crippen molar-refractivity contribution in [2.24, 2.45) is 11.8 Å². The number of ketones is 1. The van der Waals surface area contributed by atoms with Crippen molar-refractivity contribution in [2.45, 2.75) is 44.4 Å². The summed E-state index contributed by atoms with van der Waals surface area (Å²) in [6.45, 7) is 3.71. The fourth-order valence-electron chi connectivity index (χ4n) is 2.89. The molecule has 0 aromatic carbocycles. The average molecular weight is 198 g/mol. The number of hydrogen-bond acceptors (Lipinski definition) is 4. The molecule has 5 atom stereocenters. The molecule has 0 amide bonds. The number of carbonyl (C=O) groups excluding carboxylic acids is 1. The minimum Gasteiger partial charge on any atom is -0.363 e. The Morgan fingerprint density at radius 3 is 2.93 bits per heavy atom. The van der Waals surface area contributed by atoms with Crippen LogP contribution in [0.5, 0.6) is 0 Å². The monoisotopic (exact) mass is 198 g/mol. The normalized spacial score (nSPS) is 60.8. The predicted molar refractivity (Wildman–Crippen MR) is 46.2 cm³/mol. The van der Waals surface area contributed by atoms with E-state index >= 15 is 0 Å². The minimum absolute atomic E-state index is 0.0621. The topological polar surface area (TPSA) is 55.8 Å². The first-order valence-electron chi connectivity index (χ1n) is 5.06. The lowest BCUT2D eigenvalue weighted by molar-refractivity contribution is -0.266. The molecule has 0 spiro atoms. The first kappa shape index (κ1) is 8.83. The molecule has 2 heterocycles. The highest BCUT2D eigenvalue weighted by Crippen LogP contribution is 2.55. The molecule has 4 heteroatoms. The molecule has 3 aliphatic rings. The van der Waals surface area contributed by atoms with Crippen LogP contribution in [0.15, 0.2) is 0 Å². The smallest absolute Gasteiger partial charge is 0.198 e. The highest BCUT2D eigenvalue weighted by atomic mass is 16.8. The zero-order valence-electron chi connectivity index (χ0n) is 8.32. The van der Waals surface area contributed by atoms with Crippen molar-refractivity contribution < 1.29 is 19.4 Å². The summed E-state index contributed by atoms with van der Waals surface area (Å²) in [6, 6.07) is 0. The van der Waals surface area contributed by atoms with Gasteiger partial charge in [0, 0.05) is 24.7 Å². The first-order valence-corrected chi connectivity index (χ1v) is 5.06. The molecule has 1 aliphatic carbocycles. The molecule has 0 aromatic rings. The predicted octanol–water partition coefficient (Wildman–Crippen LogP) is 0.435. The van der Waals surface area contributed by atoms with Crippen molar-refractivity contribution in [2.75, 3.05) is 0 Å². The van der Waals surface area contributed by atoms with Gasteiger partial charge in [-0.05, 0) is 6.92 Å². The van der Waals surface area contributed by atoms with Crippen LogP contribution in [0.3, 0.4) is 0 Å². The maximum absolute atomic E-state index is 11.8. The molecule has 1 saturated carbocycles. The summed E-state index contributed by atoms with van der Waals surface area (Å²) in [5.74, 6) is -1.06. The van der Waals surface area contributed by atoms with Crippen LogP contribution in [-0.4, -0.2) is 28.6 Å². The third-order valence-electron chi connectivity index (χ3n) is 4.00. The van der Waals surface area contributed by atoms with Crippen molar-refractivity contribution in [3.8, 4) is 0 Å². The molecule has 14 heavy (non-hydrogen) atoms. The third kappa shape index (κ3) is 0.782. The number of fused-ring (bicyclic) bond motifs is 2. The van der Waals surface area contributed by atoms with E-state index < -0.39 is 17.7 Å². The summed E-state index contributed by atoms with van der Waals surface area (Å²) in [5.41, 5.74) is -0.823. The second kappa shape index (κ2) is 2.21. The molecule has 3 bridgehead atoms. The van der Waals surface area contributed by atoms with Gasteiger partial charge in [-0.1, -0.05) is 6.92 Å². The molecule has 2 saturated heterocycles. The zero-order chi connectivity index (χ0) is 10.1. The van der Waals surface area contributed by atoms with Gasteiger partial charge in [0.2, 0.25) is 0 Å². The van der Waals surface area contributed by atoms with Gasteiger partial charge in [0.15, 0.2) is 12.1 Å². The molecule has 1 N–H and O–H groups in total. The van der Waals surface area contributed by atoms with Crippen LogP contribution >= 0.6 is 0 Å². The van der Waals surface area contributed by atoms with Crippen molar-refractivity contribution in [1.29, 1.82) is 0 Å². The van der Waals surface area contributed by atoms with E-state index in [9.17, 15) is 9.90 Å². The maximum Gasteiger partial charge on any atom is 0.198 e. The number of hydrogen-bond donors (Lipinski definition) is 1. The molecule has 78 valence electrons. The van der Waals surface area contributed by atoms with Gasteiger partial charge in [-0.3, -0.25) is 4.79 Å². The van der Waals surface area contributed by atoms with Crippen LogP contribution in [0, 0.1) is 11.8 Å². The summed E-state index contributed by atoms with van der Waals surface area (Å²) in [4.78, 5) is 11.8. The molecular weight excluding hydrogens is 184 g/mol. The number of ether oxygens (including phenoxy) is 2. The average Bonchev–Trinajstić information content (AvgIpc) is 2.26. The van der Waals surface area contributed by atoms with E-state index in [1.54, 1.807) is 6.92 Å². The highest BCUT2D eigenvalue weighted by Gasteiger charge is 2.68. The molecule has 0 radical (unpaired) electrons. The lowest BCUT2D eigenvalue weighted by Gasteiger charge is -2.44. The summed E-state index contributed by atoms with van der Waals surface area (Å²) in [5, 5.41) is 10.2. The summed E-state index contributed by atoms with van der Waals surface area (Å²) in [6.07, 6.45) is 0.254. The zero-order valence-corrected chi connectivity index (χ0v) is 8.32. The Morgan fingerprint density at radius 1 is 1.50 bits per heavy atom. The number of rotatable bonds is 0. The Bertz CT molecular complexity index is 315. The van der Waals surface area contributed by atoms with E-state index in [2.05, 4.69) is 0 Å². The van der Waals surface area contributed by atoms with E-state index in [0.29, 0.717) is 6.42 Å². The number of Topliss-reactive ketones (excluding diaryl/α,β-unsaturated/α-hetero) is 1. The second-order valence-electron chi connectivity index (χ2n) is 4.93. The fourth-order valence-corrected chi connectivity index (χ4v) is 2.89. The summed E-state index contributed by atoms with van der Waals surface area (Å²) < 4.78 is 11.1. The maximum atomic E-state index is 11.8. The first-order chi connectivity index (χ1) is 6.45. The molecule has 0 aromatic heterocycles. The van der Waals surface area contributed by atoms with Gasteiger partial charge in [0.05, 0.1) is 0 Å². The fraction of sp³-hybridized carbons (Fsp3) is 0.900. The van der Waals surface area contributed by atoms with E-state index in [0.717, 1.165) is 0 Å². The van der Waals surface area contributed by atoms with Crippen LogP contribution < -0.4 is 0 Å². The van der Waals surface area contributed by atoms with Crippen molar-refractivity contribution in [3.05, 3.63) is 0 Å². The van der Waals surface area contributed by atoms with Crippen molar-refractivity contribution in [1.82, 2.24) is 0 Å². The minimum atomic E-state index is -1.23. The van der Waals surface area contributed by atoms with Crippen molar-refractivity contribution in [3.63, 3.8) is 0 Å².